The van der Waals surface area contributed by atoms with E-state index in [0.29, 0.717) is 35.5 Å². The highest BCUT2D eigenvalue weighted by atomic mass is 19.1. The van der Waals surface area contributed by atoms with Gasteiger partial charge in [0, 0.05) is 45.2 Å². The number of nitrogens with zero attached hydrogens (tertiary/aromatic N) is 5. The van der Waals surface area contributed by atoms with Gasteiger partial charge in [0.15, 0.2) is 5.66 Å². The molecule has 3 aliphatic rings. The minimum absolute atomic E-state index is 0.180. The molecule has 162 valence electrons. The zero-order chi connectivity index (χ0) is 21.4. The van der Waals surface area contributed by atoms with Gasteiger partial charge in [0.1, 0.15) is 23.2 Å². The van der Waals surface area contributed by atoms with Crippen LogP contribution in [0.5, 0.6) is 0 Å². The van der Waals surface area contributed by atoms with Crippen LogP contribution < -0.4 is 21.8 Å². The second-order valence-electron chi connectivity index (χ2n) is 7.83. The molecule has 9 nitrogen and oxygen atoms in total. The van der Waals surface area contributed by atoms with Gasteiger partial charge < -0.3 is 20.8 Å². The Kier molecular flexibility index (Phi) is 4.87. The molecule has 2 aromatic rings. The molecule has 0 spiro atoms. The quantitative estimate of drug-likeness (QED) is 0.660. The fourth-order valence-corrected chi connectivity index (χ4v) is 4.20. The summed E-state index contributed by atoms with van der Waals surface area (Å²) in [5.41, 5.74) is 15.1. The highest BCUT2D eigenvalue weighted by Gasteiger charge is 2.45. The average molecular weight is 424 g/mol. The molecule has 1 aromatic carbocycles. The molecular formula is C21H25FN8O. The molecule has 0 aliphatic carbocycles. The van der Waals surface area contributed by atoms with Crippen LogP contribution in [0.15, 0.2) is 69.0 Å². The lowest BCUT2D eigenvalue weighted by Gasteiger charge is -2.37. The highest BCUT2D eigenvalue weighted by Crippen LogP contribution is 2.34. The summed E-state index contributed by atoms with van der Waals surface area (Å²) in [7, 11) is 0. The minimum Gasteiger partial charge on any atom is -0.465 e. The first-order valence-corrected chi connectivity index (χ1v) is 10.3. The number of rotatable bonds is 5. The predicted molar refractivity (Wildman–Crippen MR) is 116 cm³/mol. The molecule has 10 heteroatoms. The van der Waals surface area contributed by atoms with Gasteiger partial charge in [-0.1, -0.05) is 12.1 Å². The topological polar surface area (TPSA) is 112 Å². The second kappa shape index (κ2) is 7.71. The molecule has 0 amide bonds. The van der Waals surface area contributed by atoms with E-state index in [1.54, 1.807) is 23.4 Å². The minimum atomic E-state index is -0.825. The van der Waals surface area contributed by atoms with Crippen LogP contribution in [0.2, 0.25) is 0 Å². The number of guanidine groups is 1. The lowest BCUT2D eigenvalue weighted by atomic mass is 10.0. The molecule has 1 aromatic heterocycles. The molecule has 0 radical (unpaired) electrons. The van der Waals surface area contributed by atoms with Crippen molar-refractivity contribution in [3.63, 3.8) is 0 Å². The number of benzene rings is 1. The van der Waals surface area contributed by atoms with Crippen molar-refractivity contribution in [3.8, 4) is 0 Å². The zero-order valence-corrected chi connectivity index (χ0v) is 17.0. The molecule has 1 fully saturated rings. The zero-order valence-electron chi connectivity index (χ0n) is 17.0. The van der Waals surface area contributed by atoms with Crippen LogP contribution in [0.25, 0.3) is 0 Å². The maximum atomic E-state index is 14.1. The number of nitrogens with one attached hydrogen (secondary N) is 1. The number of amidine groups is 1. The number of anilines is 1. The Balaban J connectivity index is 1.29. The van der Waals surface area contributed by atoms with Gasteiger partial charge in [0.05, 0.1) is 12.0 Å². The number of halogens is 1. The van der Waals surface area contributed by atoms with Gasteiger partial charge in [-0.3, -0.25) is 4.90 Å². The van der Waals surface area contributed by atoms with Crippen LogP contribution >= 0.6 is 0 Å². The number of hydrogen-bond donors (Lipinski definition) is 3. The molecule has 5 N–H and O–H groups in total. The predicted octanol–water partition coefficient (Wildman–Crippen LogP) is 1.13. The number of para-hydroxylation sites is 1. The maximum absolute atomic E-state index is 14.1. The van der Waals surface area contributed by atoms with E-state index in [1.807, 2.05) is 24.3 Å². The average Bonchev–Trinajstić information content (AvgIpc) is 3.42. The number of nitrogens with two attached hydrogens (primary N) is 2. The summed E-state index contributed by atoms with van der Waals surface area (Å²) in [6, 6.07) is 10.6. The summed E-state index contributed by atoms with van der Waals surface area (Å²) in [5.74, 6) is 1.66. The van der Waals surface area contributed by atoms with E-state index < -0.39 is 5.66 Å². The lowest BCUT2D eigenvalue weighted by Crippen LogP contribution is -2.51. The van der Waals surface area contributed by atoms with Crippen molar-refractivity contribution >= 4 is 17.5 Å². The van der Waals surface area contributed by atoms with Crippen molar-refractivity contribution in [2.45, 2.75) is 12.1 Å². The van der Waals surface area contributed by atoms with Crippen LogP contribution in [0.4, 0.5) is 10.1 Å². The Labute approximate surface area is 179 Å². The van der Waals surface area contributed by atoms with E-state index in [9.17, 15) is 4.39 Å². The van der Waals surface area contributed by atoms with Gasteiger partial charge in [-0.15, -0.1) is 0 Å². The summed E-state index contributed by atoms with van der Waals surface area (Å²) < 4.78 is 19.8. The van der Waals surface area contributed by atoms with Crippen LogP contribution in [-0.4, -0.2) is 54.4 Å². The van der Waals surface area contributed by atoms with Crippen LogP contribution in [0, 0.1) is 5.82 Å². The molecule has 1 saturated heterocycles. The van der Waals surface area contributed by atoms with Crippen molar-refractivity contribution in [1.82, 2.24) is 15.3 Å². The van der Waals surface area contributed by atoms with Gasteiger partial charge in [-0.25, -0.2) is 14.4 Å². The Morgan fingerprint density at radius 2 is 1.90 bits per heavy atom. The monoisotopic (exact) mass is 424 g/mol. The first kappa shape index (κ1) is 19.6. The number of aliphatic imine (C=N–C) groups is 2. The summed E-state index contributed by atoms with van der Waals surface area (Å²) >= 11 is 0. The standard InChI is InChI=1S/C21H25FN8O/c22-15-4-1-2-5-16(15)29-11-9-28(10-12-29)8-7-21(17-6-3-13-31-17)26-20-25-18(23)14-19(24)30(20)27-21/h1-6,13-14,27H,7-12,24H2,(H2,23,25,26). The lowest BCUT2D eigenvalue weighted by molar-refractivity contribution is 0.163. The van der Waals surface area contributed by atoms with Crippen molar-refractivity contribution < 1.29 is 8.81 Å². The van der Waals surface area contributed by atoms with Gasteiger partial charge in [0.2, 0.25) is 5.96 Å². The largest absolute Gasteiger partial charge is 0.465 e. The number of hydrogen-bond acceptors (Lipinski definition) is 9. The Bertz CT molecular complexity index is 1040. The first-order valence-electron chi connectivity index (χ1n) is 10.3. The van der Waals surface area contributed by atoms with E-state index in [-0.39, 0.29) is 5.82 Å². The van der Waals surface area contributed by atoms with E-state index >= 15 is 0 Å². The van der Waals surface area contributed by atoms with E-state index in [1.165, 1.54) is 6.07 Å². The molecule has 4 heterocycles. The molecular weight excluding hydrogens is 399 g/mol. The number of fused-ring (bicyclic) bond motifs is 1. The first-order chi connectivity index (χ1) is 15.0. The summed E-state index contributed by atoms with van der Waals surface area (Å²) in [6.07, 6.45) is 3.86. The van der Waals surface area contributed by atoms with Crippen molar-refractivity contribution in [3.05, 3.63) is 66.1 Å². The molecule has 1 atom stereocenters. The molecule has 5 rings (SSSR count). The van der Waals surface area contributed by atoms with Crippen LogP contribution in [-0.2, 0) is 5.66 Å². The van der Waals surface area contributed by atoms with Crippen molar-refractivity contribution in [2.24, 2.45) is 21.5 Å². The third-order valence-corrected chi connectivity index (χ3v) is 5.85. The normalized spacial score (nSPS) is 24.0. The van der Waals surface area contributed by atoms with Crippen molar-refractivity contribution in [2.75, 3.05) is 37.6 Å². The Hall–Kier alpha value is -3.37. The fourth-order valence-electron chi connectivity index (χ4n) is 4.20. The summed E-state index contributed by atoms with van der Waals surface area (Å²) in [6.45, 7) is 3.96. The summed E-state index contributed by atoms with van der Waals surface area (Å²) in [4.78, 5) is 13.5. The number of furan rings is 1. The molecule has 3 aliphatic heterocycles. The smallest absolute Gasteiger partial charge is 0.245 e. The third kappa shape index (κ3) is 3.64. The second-order valence-corrected chi connectivity index (χ2v) is 7.83. The Morgan fingerprint density at radius 1 is 1.10 bits per heavy atom. The van der Waals surface area contributed by atoms with Crippen LogP contribution in [0.3, 0.4) is 0 Å². The van der Waals surface area contributed by atoms with Gasteiger partial charge in [0.25, 0.3) is 0 Å². The van der Waals surface area contributed by atoms with E-state index in [0.717, 1.165) is 32.7 Å². The van der Waals surface area contributed by atoms with Gasteiger partial charge in [-0.05, 0) is 24.3 Å². The van der Waals surface area contributed by atoms with E-state index in [4.69, 9.17) is 20.9 Å². The van der Waals surface area contributed by atoms with Gasteiger partial charge >= 0.3 is 0 Å². The SMILES string of the molecule is NC1=CC(N)=NC2=NC(CCN3CCN(c4ccccc4F)CC3)(c3ccco3)NN12. The fraction of sp³-hybridized carbons (Fsp3) is 0.333. The third-order valence-electron chi connectivity index (χ3n) is 5.85. The molecule has 0 saturated carbocycles. The van der Waals surface area contributed by atoms with Gasteiger partial charge in [-0.2, -0.15) is 10.4 Å². The Morgan fingerprint density at radius 3 is 2.65 bits per heavy atom. The molecule has 0 bridgehead atoms. The number of hydrazine groups is 1. The van der Waals surface area contributed by atoms with Crippen LogP contribution in [0.1, 0.15) is 12.2 Å². The summed E-state index contributed by atoms with van der Waals surface area (Å²) in [5, 5.41) is 1.63. The van der Waals surface area contributed by atoms with E-state index in [2.05, 4.69) is 20.2 Å². The number of piperazine rings is 1. The molecule has 31 heavy (non-hydrogen) atoms. The molecule has 1 unspecified atom stereocenters. The maximum Gasteiger partial charge on any atom is 0.245 e. The van der Waals surface area contributed by atoms with Crippen molar-refractivity contribution in [1.29, 1.82) is 0 Å². The highest BCUT2D eigenvalue weighted by molar-refractivity contribution is 6.04.